The number of aliphatic hydroxyl groups excluding tert-OH is 1. The molecule has 2 saturated heterocycles. The molecule has 0 saturated carbocycles. The summed E-state index contributed by atoms with van der Waals surface area (Å²) in [6.07, 6.45) is 2.53. The second-order valence-corrected chi connectivity index (χ2v) is 8.05. The predicted molar refractivity (Wildman–Crippen MR) is 106 cm³/mol. The van der Waals surface area contributed by atoms with Crippen molar-refractivity contribution in [2.45, 2.75) is 45.6 Å². The van der Waals surface area contributed by atoms with Gasteiger partial charge in [0.1, 0.15) is 0 Å². The second kappa shape index (κ2) is 7.76. The second-order valence-electron chi connectivity index (χ2n) is 8.05. The van der Waals surface area contributed by atoms with Crippen molar-refractivity contribution < 1.29 is 14.7 Å². The molecule has 4 amide bonds. The quantitative estimate of drug-likeness (QED) is 0.741. The number of nitrogens with one attached hydrogen (secondary N) is 2. The molecule has 0 unspecified atom stereocenters. The monoisotopic (exact) mass is 374 g/mol. The van der Waals surface area contributed by atoms with Gasteiger partial charge in [-0.15, -0.1) is 0 Å². The van der Waals surface area contributed by atoms with Gasteiger partial charge in [-0.05, 0) is 55.9 Å². The molecule has 1 atom stereocenters. The lowest BCUT2D eigenvalue weighted by Gasteiger charge is -2.38. The minimum absolute atomic E-state index is 0.0133. The van der Waals surface area contributed by atoms with Gasteiger partial charge in [-0.2, -0.15) is 0 Å². The number of amides is 4. The van der Waals surface area contributed by atoms with Crippen molar-refractivity contribution in [1.82, 2.24) is 10.2 Å². The first-order valence-electron chi connectivity index (χ1n) is 9.72. The number of benzene rings is 1. The average Bonchev–Trinajstić information content (AvgIpc) is 3.23. The van der Waals surface area contributed by atoms with Crippen molar-refractivity contribution in [2.75, 3.05) is 36.5 Å². The van der Waals surface area contributed by atoms with Gasteiger partial charge in [0.15, 0.2) is 0 Å². The Labute approximate surface area is 160 Å². The summed E-state index contributed by atoms with van der Waals surface area (Å²) in [5, 5.41) is 15.8. The van der Waals surface area contributed by atoms with E-state index in [1.807, 2.05) is 25.1 Å². The Hall–Kier alpha value is -2.28. The number of carbonyl (C=O) groups is 2. The molecular formula is C20H30N4O3. The topological polar surface area (TPSA) is 84.9 Å². The first-order chi connectivity index (χ1) is 12.9. The van der Waals surface area contributed by atoms with E-state index in [1.54, 1.807) is 9.80 Å². The summed E-state index contributed by atoms with van der Waals surface area (Å²) in [5.41, 5.74) is 1.98. The SMILES string of the molecule is Cc1cc(N2CCNC2=O)ccc1NC(=O)N1CCC[C@]1(CO)CC(C)C. The Balaban J connectivity index is 1.74. The Morgan fingerprint density at radius 3 is 2.74 bits per heavy atom. The number of hydrogen-bond donors (Lipinski definition) is 3. The van der Waals surface area contributed by atoms with Gasteiger partial charge in [-0.1, -0.05) is 13.8 Å². The van der Waals surface area contributed by atoms with E-state index in [9.17, 15) is 14.7 Å². The fourth-order valence-electron chi connectivity index (χ4n) is 4.31. The molecule has 148 valence electrons. The smallest absolute Gasteiger partial charge is 0.322 e. The Bertz CT molecular complexity index is 721. The molecule has 1 aromatic rings. The van der Waals surface area contributed by atoms with Crippen LogP contribution in [0.1, 0.15) is 38.7 Å². The number of hydrogen-bond acceptors (Lipinski definition) is 3. The Morgan fingerprint density at radius 2 is 2.15 bits per heavy atom. The zero-order valence-corrected chi connectivity index (χ0v) is 16.4. The van der Waals surface area contributed by atoms with Gasteiger partial charge < -0.3 is 20.6 Å². The van der Waals surface area contributed by atoms with Gasteiger partial charge in [0.25, 0.3) is 0 Å². The van der Waals surface area contributed by atoms with Crippen LogP contribution >= 0.6 is 0 Å². The van der Waals surface area contributed by atoms with Crippen LogP contribution in [0.5, 0.6) is 0 Å². The van der Waals surface area contributed by atoms with Crippen LogP contribution in [0, 0.1) is 12.8 Å². The summed E-state index contributed by atoms with van der Waals surface area (Å²) in [6, 6.07) is 5.34. The fourth-order valence-corrected chi connectivity index (χ4v) is 4.31. The normalized spacial score (nSPS) is 22.5. The molecule has 27 heavy (non-hydrogen) atoms. The van der Waals surface area contributed by atoms with E-state index < -0.39 is 5.54 Å². The average molecular weight is 374 g/mol. The van der Waals surface area contributed by atoms with Crippen molar-refractivity contribution in [2.24, 2.45) is 5.92 Å². The molecule has 2 heterocycles. The van der Waals surface area contributed by atoms with Gasteiger partial charge in [-0.25, -0.2) is 9.59 Å². The molecule has 3 rings (SSSR count). The molecule has 2 fully saturated rings. The molecule has 2 aliphatic heterocycles. The highest BCUT2D eigenvalue weighted by Crippen LogP contribution is 2.35. The van der Waals surface area contributed by atoms with Crippen LogP contribution in [0.2, 0.25) is 0 Å². The number of urea groups is 2. The van der Waals surface area contributed by atoms with Crippen molar-refractivity contribution in [3.8, 4) is 0 Å². The van der Waals surface area contributed by atoms with Crippen molar-refractivity contribution in [3.05, 3.63) is 23.8 Å². The minimum atomic E-state index is -0.472. The molecule has 0 aliphatic carbocycles. The van der Waals surface area contributed by atoms with Gasteiger partial charge in [-0.3, -0.25) is 4.90 Å². The summed E-state index contributed by atoms with van der Waals surface area (Å²) in [5.74, 6) is 0.401. The molecule has 7 nitrogen and oxygen atoms in total. The summed E-state index contributed by atoms with van der Waals surface area (Å²) in [6.45, 7) is 8.08. The molecule has 1 aromatic carbocycles. The summed E-state index contributed by atoms with van der Waals surface area (Å²) in [7, 11) is 0. The van der Waals surface area contributed by atoms with E-state index in [4.69, 9.17) is 0 Å². The molecule has 7 heteroatoms. The van der Waals surface area contributed by atoms with Crippen molar-refractivity contribution in [3.63, 3.8) is 0 Å². The Morgan fingerprint density at radius 1 is 1.37 bits per heavy atom. The van der Waals surface area contributed by atoms with Crippen LogP contribution in [-0.2, 0) is 0 Å². The highest BCUT2D eigenvalue weighted by atomic mass is 16.3. The zero-order chi connectivity index (χ0) is 19.6. The van der Waals surface area contributed by atoms with Gasteiger partial charge >= 0.3 is 12.1 Å². The van der Waals surface area contributed by atoms with E-state index in [2.05, 4.69) is 24.5 Å². The third kappa shape index (κ3) is 3.88. The number of likely N-dealkylation sites (tertiary alicyclic amines) is 1. The number of anilines is 2. The van der Waals surface area contributed by atoms with Gasteiger partial charge in [0.05, 0.1) is 12.1 Å². The Kier molecular flexibility index (Phi) is 5.60. The van der Waals surface area contributed by atoms with Crippen LogP contribution in [0.4, 0.5) is 21.0 Å². The minimum Gasteiger partial charge on any atom is -0.394 e. The molecule has 0 spiro atoms. The number of aryl methyl sites for hydroxylation is 1. The molecular weight excluding hydrogens is 344 g/mol. The maximum absolute atomic E-state index is 12.9. The molecule has 0 aromatic heterocycles. The number of nitrogens with zero attached hydrogens (tertiary/aromatic N) is 2. The largest absolute Gasteiger partial charge is 0.394 e. The fraction of sp³-hybridized carbons (Fsp3) is 0.600. The summed E-state index contributed by atoms with van der Waals surface area (Å²) < 4.78 is 0. The predicted octanol–water partition coefficient (Wildman–Crippen LogP) is 2.93. The first-order valence-corrected chi connectivity index (χ1v) is 9.72. The lowest BCUT2D eigenvalue weighted by molar-refractivity contribution is 0.0728. The molecule has 3 N–H and O–H groups in total. The zero-order valence-electron chi connectivity index (χ0n) is 16.4. The third-order valence-corrected chi connectivity index (χ3v) is 5.54. The van der Waals surface area contributed by atoms with Crippen molar-refractivity contribution in [1.29, 1.82) is 0 Å². The first kappa shape index (κ1) is 19.5. The summed E-state index contributed by atoms with van der Waals surface area (Å²) in [4.78, 5) is 28.3. The third-order valence-electron chi connectivity index (χ3n) is 5.54. The van der Waals surface area contributed by atoms with Crippen LogP contribution < -0.4 is 15.5 Å². The maximum atomic E-state index is 12.9. The van der Waals surface area contributed by atoms with E-state index in [0.717, 1.165) is 36.2 Å². The van der Waals surface area contributed by atoms with Crippen LogP contribution in [0.25, 0.3) is 0 Å². The standard InChI is InChI=1S/C20H30N4O3/c1-14(2)12-20(13-25)7-4-9-24(20)19(27)22-17-6-5-16(11-15(17)3)23-10-8-21-18(23)26/h5-6,11,14,25H,4,7-10,12-13H2,1-3H3,(H,21,26)(H,22,27)/t20-/m1/s1. The van der Waals surface area contributed by atoms with Crippen molar-refractivity contribution >= 4 is 23.4 Å². The molecule has 0 bridgehead atoms. The van der Waals surface area contributed by atoms with E-state index in [0.29, 0.717) is 25.6 Å². The van der Waals surface area contributed by atoms with E-state index in [-0.39, 0.29) is 18.7 Å². The highest BCUT2D eigenvalue weighted by molar-refractivity contribution is 5.95. The summed E-state index contributed by atoms with van der Waals surface area (Å²) >= 11 is 0. The number of aliphatic hydroxyl groups is 1. The molecule has 2 aliphatic rings. The van der Waals surface area contributed by atoms with Crippen LogP contribution in [0.15, 0.2) is 18.2 Å². The number of rotatable bonds is 5. The van der Waals surface area contributed by atoms with E-state index in [1.165, 1.54) is 0 Å². The number of carbonyl (C=O) groups excluding carboxylic acids is 2. The van der Waals surface area contributed by atoms with Gasteiger partial charge in [0.2, 0.25) is 0 Å². The van der Waals surface area contributed by atoms with Crippen LogP contribution in [0.3, 0.4) is 0 Å². The van der Waals surface area contributed by atoms with Gasteiger partial charge in [0, 0.05) is 31.0 Å². The van der Waals surface area contributed by atoms with E-state index >= 15 is 0 Å². The lowest BCUT2D eigenvalue weighted by Crippen LogP contribution is -2.52. The highest BCUT2D eigenvalue weighted by Gasteiger charge is 2.43. The molecule has 0 radical (unpaired) electrons. The maximum Gasteiger partial charge on any atom is 0.322 e. The lowest BCUT2D eigenvalue weighted by atomic mass is 9.87. The van der Waals surface area contributed by atoms with Crippen LogP contribution in [-0.4, -0.2) is 53.8 Å².